The van der Waals surface area contributed by atoms with Crippen LogP contribution in [0.25, 0.3) is 0 Å². The molecule has 0 atom stereocenters. The van der Waals surface area contributed by atoms with Crippen LogP contribution in [0.5, 0.6) is 11.5 Å². The van der Waals surface area contributed by atoms with E-state index in [9.17, 15) is 8.42 Å². The molecule has 0 aliphatic carbocycles. The quantitative estimate of drug-likeness (QED) is 0.794. The smallest absolute Gasteiger partial charge is 0.183 e. The summed E-state index contributed by atoms with van der Waals surface area (Å²) in [4.78, 5) is 0.0797. The molecule has 17 heavy (non-hydrogen) atoms. The molecule has 6 heteroatoms. The van der Waals surface area contributed by atoms with Crippen molar-refractivity contribution in [1.29, 1.82) is 5.26 Å². The maximum absolute atomic E-state index is 11.9. The molecule has 0 heterocycles. The van der Waals surface area contributed by atoms with Crippen LogP contribution in [0.1, 0.15) is 6.42 Å². The van der Waals surface area contributed by atoms with Crippen molar-refractivity contribution in [1.82, 2.24) is 0 Å². The standard InChI is InChI=1S/C11H13NO4S/c1-15-9-4-5-11(10(8-9)16-2)17(13,14)7-3-6-12/h4-5,8H,3,7H2,1-2H3. The summed E-state index contributed by atoms with van der Waals surface area (Å²) < 4.78 is 33.8. The first-order valence-corrected chi connectivity index (χ1v) is 6.52. The van der Waals surface area contributed by atoms with Crippen molar-refractivity contribution < 1.29 is 17.9 Å². The second-order valence-electron chi connectivity index (χ2n) is 3.24. The molecule has 0 aromatic heterocycles. The Hall–Kier alpha value is -1.74. The minimum Gasteiger partial charge on any atom is -0.497 e. The van der Waals surface area contributed by atoms with Crippen LogP contribution >= 0.6 is 0 Å². The Morgan fingerprint density at radius 2 is 2.00 bits per heavy atom. The topological polar surface area (TPSA) is 76.4 Å². The lowest BCUT2D eigenvalue weighted by Crippen LogP contribution is -2.08. The van der Waals surface area contributed by atoms with Gasteiger partial charge in [-0.1, -0.05) is 0 Å². The predicted octanol–water partition coefficient (Wildman–Crippen LogP) is 1.39. The second-order valence-corrected chi connectivity index (χ2v) is 5.32. The fourth-order valence-electron chi connectivity index (χ4n) is 1.32. The zero-order chi connectivity index (χ0) is 12.9. The van der Waals surface area contributed by atoms with Gasteiger partial charge in [-0.2, -0.15) is 5.26 Å². The third-order valence-corrected chi connectivity index (χ3v) is 3.94. The molecule has 0 saturated carbocycles. The summed E-state index contributed by atoms with van der Waals surface area (Å²) in [7, 11) is -0.621. The number of rotatable bonds is 5. The average molecular weight is 255 g/mol. The van der Waals surface area contributed by atoms with Crippen molar-refractivity contribution in [3.8, 4) is 17.6 Å². The normalized spacial score (nSPS) is 10.6. The van der Waals surface area contributed by atoms with E-state index < -0.39 is 9.84 Å². The second kappa shape index (κ2) is 5.55. The van der Waals surface area contributed by atoms with Gasteiger partial charge >= 0.3 is 0 Å². The van der Waals surface area contributed by atoms with Crippen molar-refractivity contribution in [3.63, 3.8) is 0 Å². The zero-order valence-corrected chi connectivity index (χ0v) is 10.5. The molecule has 1 aromatic rings. The van der Waals surface area contributed by atoms with Crippen molar-refractivity contribution in [3.05, 3.63) is 18.2 Å². The lowest BCUT2D eigenvalue weighted by molar-refractivity contribution is 0.386. The van der Waals surface area contributed by atoms with Crippen molar-refractivity contribution in [2.24, 2.45) is 0 Å². The first-order valence-electron chi connectivity index (χ1n) is 4.87. The summed E-state index contributed by atoms with van der Waals surface area (Å²) in [5.74, 6) is 0.523. The molecule has 1 aromatic carbocycles. The molecule has 1 rings (SSSR count). The number of sulfone groups is 1. The lowest BCUT2D eigenvalue weighted by atomic mass is 10.3. The fourth-order valence-corrected chi connectivity index (χ4v) is 2.63. The molecule has 0 amide bonds. The minimum absolute atomic E-state index is 0.0441. The van der Waals surface area contributed by atoms with E-state index in [1.807, 2.05) is 6.07 Å². The number of ether oxygens (including phenoxy) is 2. The molecule has 0 radical (unpaired) electrons. The van der Waals surface area contributed by atoms with Gasteiger partial charge in [0, 0.05) is 12.5 Å². The molecule has 0 spiro atoms. The SMILES string of the molecule is COc1ccc(S(=O)(=O)CCC#N)c(OC)c1. The minimum atomic E-state index is -3.49. The molecule has 0 unspecified atom stereocenters. The van der Waals surface area contributed by atoms with E-state index >= 15 is 0 Å². The van der Waals surface area contributed by atoms with Crippen molar-refractivity contribution >= 4 is 9.84 Å². The van der Waals surface area contributed by atoms with Crippen LogP contribution in [0.4, 0.5) is 0 Å². The summed E-state index contributed by atoms with van der Waals surface area (Å²) in [5.41, 5.74) is 0. The van der Waals surface area contributed by atoms with Crippen LogP contribution in [0.3, 0.4) is 0 Å². The fraction of sp³-hybridized carbons (Fsp3) is 0.364. The summed E-state index contributed by atoms with van der Waals surface area (Å²) in [6.45, 7) is 0. The first kappa shape index (κ1) is 13.3. The highest BCUT2D eigenvalue weighted by molar-refractivity contribution is 7.91. The van der Waals surface area contributed by atoms with Crippen LogP contribution in [0, 0.1) is 11.3 Å². The van der Waals surface area contributed by atoms with Crippen LogP contribution in [-0.4, -0.2) is 28.4 Å². The van der Waals surface area contributed by atoms with Gasteiger partial charge in [0.15, 0.2) is 9.84 Å². The molecular formula is C11H13NO4S. The van der Waals surface area contributed by atoms with Gasteiger partial charge in [-0.25, -0.2) is 8.42 Å². The van der Waals surface area contributed by atoms with Gasteiger partial charge in [-0.3, -0.25) is 0 Å². The number of benzene rings is 1. The van der Waals surface area contributed by atoms with Gasteiger partial charge < -0.3 is 9.47 Å². The van der Waals surface area contributed by atoms with E-state index in [0.29, 0.717) is 5.75 Å². The van der Waals surface area contributed by atoms with Gasteiger partial charge in [-0.15, -0.1) is 0 Å². The number of methoxy groups -OCH3 is 2. The molecule has 0 saturated heterocycles. The number of nitriles is 1. The predicted molar refractivity (Wildman–Crippen MR) is 61.8 cm³/mol. The summed E-state index contributed by atoms with van der Waals surface area (Å²) >= 11 is 0. The van der Waals surface area contributed by atoms with E-state index in [1.54, 1.807) is 6.07 Å². The Bertz CT molecular complexity index is 531. The van der Waals surface area contributed by atoms with Crippen LogP contribution in [0.15, 0.2) is 23.1 Å². The molecule has 0 fully saturated rings. The maximum atomic E-state index is 11.9. The third kappa shape index (κ3) is 3.11. The van der Waals surface area contributed by atoms with Crippen LogP contribution < -0.4 is 9.47 Å². The Morgan fingerprint density at radius 1 is 1.29 bits per heavy atom. The van der Waals surface area contributed by atoms with Crippen LogP contribution in [-0.2, 0) is 9.84 Å². The van der Waals surface area contributed by atoms with E-state index in [2.05, 4.69) is 0 Å². The molecule has 0 bridgehead atoms. The Balaban J connectivity index is 3.18. The average Bonchev–Trinajstić information content (AvgIpc) is 2.35. The van der Waals surface area contributed by atoms with E-state index in [4.69, 9.17) is 14.7 Å². The number of hydrogen-bond acceptors (Lipinski definition) is 5. The number of hydrogen-bond donors (Lipinski definition) is 0. The Morgan fingerprint density at radius 3 is 2.53 bits per heavy atom. The molecular weight excluding hydrogens is 242 g/mol. The van der Waals surface area contributed by atoms with Gasteiger partial charge in [0.05, 0.1) is 26.0 Å². The van der Waals surface area contributed by atoms with Gasteiger partial charge in [0.1, 0.15) is 16.4 Å². The summed E-state index contributed by atoms with van der Waals surface area (Å²) in [5, 5.41) is 8.42. The van der Waals surface area contributed by atoms with E-state index in [0.717, 1.165) is 0 Å². The van der Waals surface area contributed by atoms with Gasteiger partial charge in [-0.05, 0) is 12.1 Å². The third-order valence-electron chi connectivity index (χ3n) is 2.19. The van der Waals surface area contributed by atoms with Crippen molar-refractivity contribution in [2.75, 3.05) is 20.0 Å². The monoisotopic (exact) mass is 255 g/mol. The molecule has 0 aliphatic rings. The highest BCUT2D eigenvalue weighted by Gasteiger charge is 2.19. The Labute approximate surface area is 101 Å². The highest BCUT2D eigenvalue weighted by Crippen LogP contribution is 2.29. The maximum Gasteiger partial charge on any atom is 0.183 e. The zero-order valence-electron chi connectivity index (χ0n) is 9.63. The summed E-state index contributed by atoms with van der Waals surface area (Å²) in [6, 6.07) is 6.27. The van der Waals surface area contributed by atoms with E-state index in [1.165, 1.54) is 26.4 Å². The lowest BCUT2D eigenvalue weighted by Gasteiger charge is -2.10. The highest BCUT2D eigenvalue weighted by atomic mass is 32.2. The van der Waals surface area contributed by atoms with Gasteiger partial charge in [0.25, 0.3) is 0 Å². The first-order chi connectivity index (χ1) is 8.05. The molecule has 5 nitrogen and oxygen atoms in total. The largest absolute Gasteiger partial charge is 0.497 e. The van der Waals surface area contributed by atoms with Crippen molar-refractivity contribution in [2.45, 2.75) is 11.3 Å². The summed E-state index contributed by atoms with van der Waals surface area (Å²) in [6.07, 6.45) is -0.0441. The molecule has 92 valence electrons. The van der Waals surface area contributed by atoms with Crippen LogP contribution in [0.2, 0.25) is 0 Å². The Kier molecular flexibility index (Phi) is 4.35. The van der Waals surface area contributed by atoms with E-state index in [-0.39, 0.29) is 22.8 Å². The van der Waals surface area contributed by atoms with Gasteiger partial charge in [0.2, 0.25) is 0 Å². The molecule has 0 N–H and O–H groups in total. The number of nitrogens with zero attached hydrogens (tertiary/aromatic N) is 1. The molecule has 0 aliphatic heterocycles.